The average Bonchev–Trinajstić information content (AvgIpc) is 2.13. The van der Waals surface area contributed by atoms with Crippen LogP contribution in [0.15, 0.2) is 0 Å². The maximum atomic E-state index is 11.1. The maximum Gasteiger partial charge on any atom is 0.148 e. The highest BCUT2D eigenvalue weighted by Gasteiger charge is 2.21. The highest BCUT2D eigenvalue weighted by Crippen LogP contribution is 2.06. The number of rotatable bonds is 5. The molecule has 5 nitrogen and oxygen atoms in total. The van der Waals surface area contributed by atoms with Gasteiger partial charge in [-0.2, -0.15) is 0 Å². The van der Waals surface area contributed by atoms with E-state index in [1.165, 1.54) is 6.26 Å². The Morgan fingerprint density at radius 1 is 1.44 bits per heavy atom. The topological polar surface area (TPSA) is 49.9 Å². The fraction of sp³-hybridized carbons (Fsp3) is 1.00. The first-order valence-electron chi connectivity index (χ1n) is 5.53. The van der Waals surface area contributed by atoms with Gasteiger partial charge in [0.15, 0.2) is 0 Å². The first-order chi connectivity index (χ1) is 7.37. The quantitative estimate of drug-likeness (QED) is 0.645. The summed E-state index contributed by atoms with van der Waals surface area (Å²) in [5.74, 6) is 0.238. The first-order valence-corrected chi connectivity index (χ1v) is 7.59. The van der Waals surface area contributed by atoms with E-state index in [4.69, 9.17) is 4.74 Å². The molecule has 0 aromatic rings. The van der Waals surface area contributed by atoms with Crippen LogP contribution in [0.4, 0.5) is 0 Å². The van der Waals surface area contributed by atoms with Crippen molar-refractivity contribution < 1.29 is 13.2 Å². The molecule has 0 aromatic carbocycles. The Bertz CT molecular complexity index is 303. The zero-order valence-electron chi connectivity index (χ0n) is 10.3. The summed E-state index contributed by atoms with van der Waals surface area (Å²) < 4.78 is 27.8. The number of nitrogens with zero attached hydrogens (tertiary/aromatic N) is 2. The van der Waals surface area contributed by atoms with E-state index in [1.807, 2.05) is 14.1 Å². The minimum Gasteiger partial charge on any atom is -0.374 e. The average molecular weight is 250 g/mol. The highest BCUT2D eigenvalue weighted by atomic mass is 32.2. The second kappa shape index (κ2) is 5.95. The smallest absolute Gasteiger partial charge is 0.148 e. The number of sulfone groups is 1. The molecule has 0 N–H and O–H groups in total. The SMILES string of the molecule is CN(C)C[C@@H]1CN(CCS(C)(=O)=O)CCO1. The molecule has 1 aliphatic heterocycles. The minimum absolute atomic E-state index is 0.198. The third-order valence-corrected chi connectivity index (χ3v) is 3.49. The fourth-order valence-corrected chi connectivity index (χ4v) is 2.39. The molecule has 0 bridgehead atoms. The molecule has 0 unspecified atom stereocenters. The van der Waals surface area contributed by atoms with Crippen LogP contribution >= 0.6 is 0 Å². The number of morpholine rings is 1. The van der Waals surface area contributed by atoms with Crippen molar-refractivity contribution in [1.29, 1.82) is 0 Å². The molecule has 16 heavy (non-hydrogen) atoms. The summed E-state index contributed by atoms with van der Waals surface area (Å²) in [4.78, 5) is 4.25. The van der Waals surface area contributed by atoms with Crippen LogP contribution in [0.1, 0.15) is 0 Å². The molecule has 1 heterocycles. The molecule has 0 saturated carbocycles. The van der Waals surface area contributed by atoms with Gasteiger partial charge in [-0.1, -0.05) is 0 Å². The summed E-state index contributed by atoms with van der Waals surface area (Å²) in [5.41, 5.74) is 0. The van der Waals surface area contributed by atoms with Crippen molar-refractivity contribution in [2.24, 2.45) is 0 Å². The predicted octanol–water partition coefficient (Wildman–Crippen LogP) is -0.707. The number of likely N-dealkylation sites (N-methyl/N-ethyl adjacent to an activating group) is 1. The van der Waals surface area contributed by atoms with Gasteiger partial charge in [-0.25, -0.2) is 8.42 Å². The minimum atomic E-state index is -2.86. The van der Waals surface area contributed by atoms with Gasteiger partial charge in [-0.3, -0.25) is 4.90 Å². The normalized spacial score (nSPS) is 23.9. The Morgan fingerprint density at radius 3 is 2.69 bits per heavy atom. The predicted molar refractivity (Wildman–Crippen MR) is 64.4 cm³/mol. The summed E-state index contributed by atoms with van der Waals surface area (Å²) in [6, 6.07) is 0. The number of hydrogen-bond acceptors (Lipinski definition) is 5. The van der Waals surface area contributed by atoms with E-state index in [0.717, 1.165) is 19.6 Å². The maximum absolute atomic E-state index is 11.1. The van der Waals surface area contributed by atoms with E-state index in [9.17, 15) is 8.42 Å². The van der Waals surface area contributed by atoms with Crippen molar-refractivity contribution in [3.63, 3.8) is 0 Å². The summed E-state index contributed by atoms with van der Waals surface area (Å²) in [6.07, 6.45) is 1.48. The lowest BCUT2D eigenvalue weighted by atomic mass is 10.2. The van der Waals surface area contributed by atoms with Crippen molar-refractivity contribution in [3.8, 4) is 0 Å². The Hall–Kier alpha value is -0.170. The molecule has 0 spiro atoms. The lowest BCUT2D eigenvalue weighted by Crippen LogP contribution is -2.47. The van der Waals surface area contributed by atoms with Gasteiger partial charge < -0.3 is 9.64 Å². The van der Waals surface area contributed by atoms with Gasteiger partial charge in [0.1, 0.15) is 9.84 Å². The Morgan fingerprint density at radius 2 is 2.12 bits per heavy atom. The lowest BCUT2D eigenvalue weighted by molar-refractivity contribution is -0.0361. The van der Waals surface area contributed by atoms with Crippen molar-refractivity contribution >= 4 is 9.84 Å². The van der Waals surface area contributed by atoms with Crippen molar-refractivity contribution in [2.45, 2.75) is 6.10 Å². The van der Waals surface area contributed by atoms with E-state index in [0.29, 0.717) is 13.2 Å². The number of hydrogen-bond donors (Lipinski definition) is 0. The van der Waals surface area contributed by atoms with Crippen LogP contribution < -0.4 is 0 Å². The van der Waals surface area contributed by atoms with Crippen molar-refractivity contribution in [1.82, 2.24) is 9.80 Å². The molecule has 1 fully saturated rings. The Labute approximate surface area is 98.3 Å². The Kier molecular flexibility index (Phi) is 5.17. The Balaban J connectivity index is 2.33. The van der Waals surface area contributed by atoms with E-state index >= 15 is 0 Å². The molecule has 1 saturated heterocycles. The first kappa shape index (κ1) is 13.9. The van der Waals surface area contributed by atoms with Gasteiger partial charge in [-0.05, 0) is 14.1 Å². The molecule has 1 atom stereocenters. The molecule has 6 heteroatoms. The lowest BCUT2D eigenvalue weighted by Gasteiger charge is -2.33. The standard InChI is InChI=1S/C10H22N2O3S/c1-11(2)8-10-9-12(4-6-15-10)5-7-16(3,13)14/h10H,4-9H2,1-3H3/t10-/m1/s1. The van der Waals surface area contributed by atoms with Gasteiger partial charge in [0.2, 0.25) is 0 Å². The van der Waals surface area contributed by atoms with E-state index < -0.39 is 9.84 Å². The van der Waals surface area contributed by atoms with E-state index in [2.05, 4.69) is 9.80 Å². The molecule has 1 aliphatic rings. The molecular weight excluding hydrogens is 228 g/mol. The van der Waals surface area contributed by atoms with Crippen LogP contribution in [0.2, 0.25) is 0 Å². The second-order valence-electron chi connectivity index (χ2n) is 4.69. The molecular formula is C10H22N2O3S. The monoisotopic (exact) mass is 250 g/mol. The summed E-state index contributed by atoms with van der Waals surface area (Å²) in [5, 5.41) is 0. The molecule has 0 aliphatic carbocycles. The largest absolute Gasteiger partial charge is 0.374 e. The molecule has 1 rings (SSSR count). The zero-order chi connectivity index (χ0) is 12.2. The van der Waals surface area contributed by atoms with Gasteiger partial charge in [0, 0.05) is 32.4 Å². The summed E-state index contributed by atoms with van der Waals surface area (Å²) in [6.45, 7) is 3.86. The van der Waals surface area contributed by atoms with Crippen LogP contribution in [0.3, 0.4) is 0 Å². The van der Waals surface area contributed by atoms with Gasteiger partial charge in [-0.15, -0.1) is 0 Å². The van der Waals surface area contributed by atoms with Gasteiger partial charge in [0.05, 0.1) is 18.5 Å². The van der Waals surface area contributed by atoms with E-state index in [1.54, 1.807) is 0 Å². The zero-order valence-corrected chi connectivity index (χ0v) is 11.2. The van der Waals surface area contributed by atoms with Crippen molar-refractivity contribution in [3.05, 3.63) is 0 Å². The van der Waals surface area contributed by atoms with Crippen molar-refractivity contribution in [2.75, 3.05) is 58.9 Å². The third-order valence-electron chi connectivity index (χ3n) is 2.57. The third kappa shape index (κ3) is 5.79. The van der Waals surface area contributed by atoms with Crippen LogP contribution in [-0.4, -0.2) is 83.2 Å². The van der Waals surface area contributed by atoms with Crippen LogP contribution in [-0.2, 0) is 14.6 Å². The molecule has 0 aromatic heterocycles. The second-order valence-corrected chi connectivity index (χ2v) is 6.95. The molecule has 0 amide bonds. The van der Waals surface area contributed by atoms with Gasteiger partial charge in [0.25, 0.3) is 0 Å². The van der Waals surface area contributed by atoms with Crippen LogP contribution in [0.5, 0.6) is 0 Å². The highest BCUT2D eigenvalue weighted by molar-refractivity contribution is 7.90. The fourth-order valence-electron chi connectivity index (χ4n) is 1.80. The number of ether oxygens (including phenoxy) is 1. The van der Waals surface area contributed by atoms with Crippen LogP contribution in [0.25, 0.3) is 0 Å². The van der Waals surface area contributed by atoms with Gasteiger partial charge >= 0.3 is 0 Å². The molecule has 96 valence electrons. The summed E-state index contributed by atoms with van der Waals surface area (Å²) in [7, 11) is 1.17. The van der Waals surface area contributed by atoms with Crippen LogP contribution in [0, 0.1) is 0 Å². The van der Waals surface area contributed by atoms with E-state index in [-0.39, 0.29) is 11.9 Å². The summed E-state index contributed by atoms with van der Waals surface area (Å²) >= 11 is 0. The molecule has 0 radical (unpaired) electrons.